The Morgan fingerprint density at radius 1 is 1.43 bits per heavy atom. The fraction of sp³-hybridized carbons (Fsp3) is 0.692. The fourth-order valence-electron chi connectivity index (χ4n) is 2.97. The summed E-state index contributed by atoms with van der Waals surface area (Å²) in [4.78, 5) is 25.0. The number of carboxylic acid groups (broad SMARTS) is 1. The van der Waals surface area contributed by atoms with Crippen LogP contribution in [0.1, 0.15) is 36.3 Å². The zero-order valence-corrected chi connectivity index (χ0v) is 11.9. The lowest BCUT2D eigenvalue weighted by Crippen LogP contribution is -2.54. The second-order valence-corrected chi connectivity index (χ2v) is 5.86. The maximum Gasteiger partial charge on any atom is 0.358 e. The number of rotatable bonds is 3. The molecule has 2 unspecified atom stereocenters. The molecule has 2 aliphatic heterocycles. The maximum absolute atomic E-state index is 12.4. The molecule has 21 heavy (non-hydrogen) atoms. The molecule has 8 heteroatoms. The molecule has 2 N–H and O–H groups in total. The highest BCUT2D eigenvalue weighted by atomic mass is 16.4. The van der Waals surface area contributed by atoms with Gasteiger partial charge in [-0.25, -0.2) is 9.48 Å². The number of carboxylic acids is 1. The molecule has 0 radical (unpaired) electrons. The van der Waals surface area contributed by atoms with E-state index in [4.69, 9.17) is 5.11 Å². The highest BCUT2D eigenvalue weighted by Crippen LogP contribution is 2.26. The van der Waals surface area contributed by atoms with Crippen molar-refractivity contribution >= 4 is 11.9 Å². The first kappa shape index (κ1) is 14.0. The molecule has 114 valence electrons. The molecule has 1 aromatic heterocycles. The minimum atomic E-state index is -1.09. The number of nitrogens with one attached hydrogen (secondary N) is 1. The fourth-order valence-corrected chi connectivity index (χ4v) is 2.97. The minimum Gasteiger partial charge on any atom is -0.476 e. The molecule has 1 amide bonds. The van der Waals surface area contributed by atoms with E-state index in [1.54, 1.807) is 0 Å². The van der Waals surface area contributed by atoms with Crippen LogP contribution in [0.4, 0.5) is 0 Å². The number of carbonyl (C=O) groups is 2. The predicted octanol–water partition coefficient (Wildman–Crippen LogP) is -0.252. The van der Waals surface area contributed by atoms with Crippen LogP contribution in [0.5, 0.6) is 0 Å². The van der Waals surface area contributed by atoms with E-state index in [2.05, 4.69) is 22.6 Å². The van der Waals surface area contributed by atoms with Gasteiger partial charge in [-0.15, -0.1) is 5.10 Å². The number of aromatic carboxylic acids is 1. The number of aromatic nitrogens is 3. The maximum atomic E-state index is 12.4. The van der Waals surface area contributed by atoms with Crippen molar-refractivity contribution in [1.82, 2.24) is 25.2 Å². The highest BCUT2D eigenvalue weighted by molar-refractivity contribution is 5.84. The molecule has 1 aromatic rings. The van der Waals surface area contributed by atoms with Gasteiger partial charge in [0.25, 0.3) is 0 Å². The van der Waals surface area contributed by atoms with Gasteiger partial charge in [-0.05, 0) is 26.3 Å². The van der Waals surface area contributed by atoms with Crippen LogP contribution in [-0.2, 0) is 4.79 Å². The number of carbonyl (C=O) groups excluding carboxylic acids is 1. The second kappa shape index (κ2) is 5.44. The van der Waals surface area contributed by atoms with E-state index in [1.165, 1.54) is 10.9 Å². The molecule has 0 spiro atoms. The quantitative estimate of drug-likeness (QED) is 0.797. The number of nitrogens with zero attached hydrogens (tertiary/aromatic N) is 4. The lowest BCUT2D eigenvalue weighted by molar-refractivity contribution is -0.142. The van der Waals surface area contributed by atoms with Crippen molar-refractivity contribution in [2.45, 2.75) is 31.8 Å². The SMILES string of the molecule is CC1CC(C(=O)N2CC(n3cc(C(=O)O)nn3)C2)CCN1. The van der Waals surface area contributed by atoms with E-state index in [0.717, 1.165) is 19.4 Å². The lowest BCUT2D eigenvalue weighted by Gasteiger charge is -2.41. The van der Waals surface area contributed by atoms with Gasteiger partial charge in [0.1, 0.15) is 0 Å². The van der Waals surface area contributed by atoms with Crippen molar-refractivity contribution in [3.8, 4) is 0 Å². The number of likely N-dealkylation sites (tertiary alicyclic amines) is 1. The van der Waals surface area contributed by atoms with Crippen molar-refractivity contribution in [1.29, 1.82) is 0 Å². The van der Waals surface area contributed by atoms with Gasteiger partial charge < -0.3 is 15.3 Å². The molecule has 0 bridgehead atoms. The van der Waals surface area contributed by atoms with Gasteiger partial charge in [0, 0.05) is 25.0 Å². The summed E-state index contributed by atoms with van der Waals surface area (Å²) >= 11 is 0. The summed E-state index contributed by atoms with van der Waals surface area (Å²) in [5.74, 6) is -0.775. The molecule has 2 saturated heterocycles. The van der Waals surface area contributed by atoms with Crippen LogP contribution in [0.2, 0.25) is 0 Å². The van der Waals surface area contributed by atoms with Crippen molar-refractivity contribution in [3.63, 3.8) is 0 Å². The Labute approximate surface area is 122 Å². The van der Waals surface area contributed by atoms with E-state index in [1.807, 2.05) is 4.90 Å². The van der Waals surface area contributed by atoms with Crippen molar-refractivity contribution in [2.75, 3.05) is 19.6 Å². The van der Waals surface area contributed by atoms with Gasteiger partial charge in [0.15, 0.2) is 5.69 Å². The summed E-state index contributed by atoms with van der Waals surface area (Å²) in [6.45, 7) is 4.15. The number of piperidine rings is 1. The molecule has 2 fully saturated rings. The number of amides is 1. The smallest absolute Gasteiger partial charge is 0.358 e. The van der Waals surface area contributed by atoms with Crippen molar-refractivity contribution in [3.05, 3.63) is 11.9 Å². The molecule has 0 aromatic carbocycles. The predicted molar refractivity (Wildman–Crippen MR) is 72.8 cm³/mol. The molecule has 0 aliphatic carbocycles. The Hall–Kier alpha value is -1.96. The first-order chi connectivity index (χ1) is 10.0. The minimum absolute atomic E-state index is 0.0358. The Morgan fingerprint density at radius 3 is 2.81 bits per heavy atom. The first-order valence-electron chi connectivity index (χ1n) is 7.22. The molecule has 2 atom stereocenters. The van der Waals surface area contributed by atoms with Gasteiger partial charge in [-0.1, -0.05) is 5.21 Å². The van der Waals surface area contributed by atoms with Crippen LogP contribution in [0.15, 0.2) is 6.20 Å². The van der Waals surface area contributed by atoms with Crippen LogP contribution in [0.3, 0.4) is 0 Å². The van der Waals surface area contributed by atoms with Crippen LogP contribution < -0.4 is 5.32 Å². The van der Waals surface area contributed by atoms with E-state index in [-0.39, 0.29) is 23.6 Å². The van der Waals surface area contributed by atoms with Crippen LogP contribution >= 0.6 is 0 Å². The van der Waals surface area contributed by atoms with Crippen LogP contribution in [-0.4, -0.2) is 62.6 Å². The number of hydrogen-bond acceptors (Lipinski definition) is 5. The summed E-state index contributed by atoms with van der Waals surface area (Å²) in [7, 11) is 0. The van der Waals surface area contributed by atoms with E-state index in [9.17, 15) is 9.59 Å². The summed E-state index contributed by atoms with van der Waals surface area (Å²) in [6.07, 6.45) is 3.19. The standard InChI is InChI=1S/C13H19N5O3/c1-8-4-9(2-3-14-8)12(19)17-5-10(6-17)18-7-11(13(20)21)15-16-18/h7-10,14H,2-6H2,1H3,(H,20,21). The Morgan fingerprint density at radius 2 is 2.19 bits per heavy atom. The van der Waals surface area contributed by atoms with Crippen molar-refractivity contribution < 1.29 is 14.7 Å². The third-order valence-electron chi connectivity index (χ3n) is 4.25. The zero-order valence-electron chi connectivity index (χ0n) is 11.9. The summed E-state index contributed by atoms with van der Waals surface area (Å²) in [5.41, 5.74) is -0.0630. The normalized spacial score (nSPS) is 26.4. The summed E-state index contributed by atoms with van der Waals surface area (Å²) in [6, 6.07) is 0.423. The second-order valence-electron chi connectivity index (χ2n) is 5.86. The average molecular weight is 293 g/mol. The molecule has 2 aliphatic rings. The highest BCUT2D eigenvalue weighted by Gasteiger charge is 2.37. The Kier molecular flexibility index (Phi) is 3.62. The van der Waals surface area contributed by atoms with Gasteiger partial charge in [0.2, 0.25) is 5.91 Å². The van der Waals surface area contributed by atoms with E-state index in [0.29, 0.717) is 19.1 Å². The summed E-state index contributed by atoms with van der Waals surface area (Å²) in [5, 5.41) is 19.6. The Bertz CT molecular complexity index is 552. The van der Waals surface area contributed by atoms with E-state index >= 15 is 0 Å². The van der Waals surface area contributed by atoms with Gasteiger partial charge in [0.05, 0.1) is 12.2 Å². The molecular weight excluding hydrogens is 274 g/mol. The first-order valence-corrected chi connectivity index (χ1v) is 7.22. The topological polar surface area (TPSA) is 100 Å². The Balaban J connectivity index is 1.55. The monoisotopic (exact) mass is 293 g/mol. The zero-order chi connectivity index (χ0) is 15.0. The largest absolute Gasteiger partial charge is 0.476 e. The molecular formula is C13H19N5O3. The summed E-state index contributed by atoms with van der Waals surface area (Å²) < 4.78 is 1.54. The molecule has 8 nitrogen and oxygen atoms in total. The molecule has 3 heterocycles. The third kappa shape index (κ3) is 2.76. The van der Waals surface area contributed by atoms with Crippen LogP contribution in [0, 0.1) is 5.92 Å². The van der Waals surface area contributed by atoms with Crippen LogP contribution in [0.25, 0.3) is 0 Å². The van der Waals surface area contributed by atoms with E-state index < -0.39 is 5.97 Å². The lowest BCUT2D eigenvalue weighted by atomic mass is 9.90. The van der Waals surface area contributed by atoms with Gasteiger partial charge >= 0.3 is 5.97 Å². The van der Waals surface area contributed by atoms with Gasteiger partial charge in [-0.2, -0.15) is 0 Å². The van der Waals surface area contributed by atoms with Gasteiger partial charge in [-0.3, -0.25) is 4.79 Å². The molecule has 3 rings (SSSR count). The third-order valence-corrected chi connectivity index (χ3v) is 4.25. The average Bonchev–Trinajstić information content (AvgIpc) is 2.86. The molecule has 0 saturated carbocycles. The van der Waals surface area contributed by atoms with Crippen molar-refractivity contribution in [2.24, 2.45) is 5.92 Å². The number of hydrogen-bond donors (Lipinski definition) is 2.